The van der Waals surface area contributed by atoms with Crippen molar-refractivity contribution in [2.75, 3.05) is 6.54 Å². The first-order chi connectivity index (χ1) is 5.65. The van der Waals surface area contributed by atoms with Crippen LogP contribution in [0.25, 0.3) is 0 Å². The third-order valence-corrected chi connectivity index (χ3v) is 2.86. The Morgan fingerprint density at radius 3 is 2.75 bits per heavy atom. The summed E-state index contributed by atoms with van der Waals surface area (Å²) >= 11 is 0. The predicted molar refractivity (Wildman–Crippen MR) is 53.5 cm³/mol. The molecule has 70 valence electrons. The highest BCUT2D eigenvalue weighted by Gasteiger charge is 2.20. The maximum absolute atomic E-state index is 4.54. The van der Waals surface area contributed by atoms with Crippen molar-refractivity contribution in [3.63, 3.8) is 0 Å². The second kappa shape index (κ2) is 3.92. The van der Waals surface area contributed by atoms with Gasteiger partial charge in [-0.05, 0) is 19.3 Å². The maximum atomic E-state index is 4.54. The lowest BCUT2D eigenvalue weighted by molar-refractivity contribution is 0.426. The second-order valence-electron chi connectivity index (χ2n) is 3.95. The van der Waals surface area contributed by atoms with E-state index in [1.165, 1.54) is 12.3 Å². The molecule has 0 spiro atoms. The van der Waals surface area contributed by atoms with Crippen molar-refractivity contribution < 1.29 is 0 Å². The molecule has 0 bridgehead atoms. The standard InChI is InChI=1S/C10H20N2/c1-5-7(2)10-11-6-8(3)9(4)12-10/h7-9H,5-6H2,1-4H3,(H,11,12). The monoisotopic (exact) mass is 168 g/mol. The lowest BCUT2D eigenvalue weighted by Gasteiger charge is -2.29. The zero-order valence-electron chi connectivity index (χ0n) is 8.59. The number of hydrogen-bond donors (Lipinski definition) is 1. The van der Waals surface area contributed by atoms with E-state index in [4.69, 9.17) is 0 Å². The maximum Gasteiger partial charge on any atom is 0.0993 e. The Balaban J connectivity index is 2.57. The van der Waals surface area contributed by atoms with Crippen molar-refractivity contribution in [3.8, 4) is 0 Å². The van der Waals surface area contributed by atoms with Crippen molar-refractivity contribution in [1.29, 1.82) is 0 Å². The SMILES string of the molecule is CCC(C)C1=NCC(C)C(C)N1. The fourth-order valence-corrected chi connectivity index (χ4v) is 1.31. The average molecular weight is 168 g/mol. The normalized spacial score (nSPS) is 32.2. The molecule has 0 aliphatic carbocycles. The van der Waals surface area contributed by atoms with Gasteiger partial charge in [0, 0.05) is 18.5 Å². The Morgan fingerprint density at radius 2 is 2.25 bits per heavy atom. The molecule has 0 amide bonds. The minimum atomic E-state index is 0.589. The molecule has 0 fully saturated rings. The number of nitrogens with one attached hydrogen (secondary N) is 1. The highest BCUT2D eigenvalue weighted by atomic mass is 15.1. The molecular formula is C10H20N2. The van der Waals surface area contributed by atoms with Gasteiger partial charge in [-0.15, -0.1) is 0 Å². The van der Waals surface area contributed by atoms with Crippen molar-refractivity contribution >= 4 is 5.84 Å². The summed E-state index contributed by atoms with van der Waals surface area (Å²) in [5.74, 6) is 2.49. The van der Waals surface area contributed by atoms with E-state index in [1.54, 1.807) is 0 Å². The summed E-state index contributed by atoms with van der Waals surface area (Å²) in [6, 6.07) is 0.589. The quantitative estimate of drug-likeness (QED) is 0.670. The van der Waals surface area contributed by atoms with Gasteiger partial charge in [-0.25, -0.2) is 0 Å². The Bertz CT molecular complexity index is 175. The number of rotatable bonds is 2. The molecule has 0 aromatic carbocycles. The molecule has 3 unspecified atom stereocenters. The van der Waals surface area contributed by atoms with Crippen LogP contribution in [0.15, 0.2) is 4.99 Å². The van der Waals surface area contributed by atoms with Gasteiger partial charge in [0.15, 0.2) is 0 Å². The van der Waals surface area contributed by atoms with Gasteiger partial charge in [0.25, 0.3) is 0 Å². The summed E-state index contributed by atoms with van der Waals surface area (Å²) in [6.45, 7) is 9.91. The van der Waals surface area contributed by atoms with Gasteiger partial charge in [0.1, 0.15) is 0 Å². The van der Waals surface area contributed by atoms with Gasteiger partial charge in [-0.1, -0.05) is 20.8 Å². The molecule has 1 heterocycles. The van der Waals surface area contributed by atoms with Gasteiger partial charge in [-0.3, -0.25) is 4.99 Å². The molecule has 2 heteroatoms. The van der Waals surface area contributed by atoms with Crippen LogP contribution in [-0.2, 0) is 0 Å². The molecule has 1 rings (SSSR count). The van der Waals surface area contributed by atoms with Gasteiger partial charge in [-0.2, -0.15) is 0 Å². The van der Waals surface area contributed by atoms with Crippen molar-refractivity contribution in [3.05, 3.63) is 0 Å². The van der Waals surface area contributed by atoms with Crippen LogP contribution < -0.4 is 5.32 Å². The Morgan fingerprint density at radius 1 is 1.58 bits per heavy atom. The van der Waals surface area contributed by atoms with Crippen LogP contribution in [0.4, 0.5) is 0 Å². The fourth-order valence-electron chi connectivity index (χ4n) is 1.31. The van der Waals surface area contributed by atoms with E-state index in [-0.39, 0.29) is 0 Å². The first kappa shape index (κ1) is 9.56. The molecule has 1 aliphatic rings. The first-order valence-electron chi connectivity index (χ1n) is 4.96. The summed E-state index contributed by atoms with van der Waals surface area (Å²) in [5.41, 5.74) is 0. The van der Waals surface area contributed by atoms with E-state index in [0.29, 0.717) is 17.9 Å². The third kappa shape index (κ3) is 1.99. The van der Waals surface area contributed by atoms with E-state index in [9.17, 15) is 0 Å². The molecule has 0 radical (unpaired) electrons. The molecule has 0 saturated heterocycles. The Hall–Kier alpha value is -0.530. The van der Waals surface area contributed by atoms with Crippen LogP contribution in [0.3, 0.4) is 0 Å². The third-order valence-electron chi connectivity index (χ3n) is 2.86. The minimum absolute atomic E-state index is 0.589. The molecule has 1 aliphatic heterocycles. The zero-order valence-corrected chi connectivity index (χ0v) is 8.59. The Labute approximate surface area is 75.5 Å². The second-order valence-corrected chi connectivity index (χ2v) is 3.95. The van der Waals surface area contributed by atoms with E-state index in [2.05, 4.69) is 38.0 Å². The Kier molecular flexibility index (Phi) is 3.12. The highest BCUT2D eigenvalue weighted by molar-refractivity contribution is 5.85. The van der Waals surface area contributed by atoms with Crippen LogP contribution in [-0.4, -0.2) is 18.4 Å². The van der Waals surface area contributed by atoms with Crippen molar-refractivity contribution in [2.24, 2.45) is 16.8 Å². The largest absolute Gasteiger partial charge is 0.371 e. The molecule has 0 saturated carbocycles. The minimum Gasteiger partial charge on any atom is -0.371 e. The van der Waals surface area contributed by atoms with Crippen LogP contribution in [0.2, 0.25) is 0 Å². The van der Waals surface area contributed by atoms with E-state index < -0.39 is 0 Å². The number of aliphatic imine (C=N–C) groups is 1. The summed E-state index contributed by atoms with van der Waals surface area (Å²) in [7, 11) is 0. The summed E-state index contributed by atoms with van der Waals surface area (Å²) < 4.78 is 0. The molecule has 3 atom stereocenters. The number of amidine groups is 1. The van der Waals surface area contributed by atoms with Gasteiger partial charge in [0.05, 0.1) is 5.84 Å². The highest BCUT2D eigenvalue weighted by Crippen LogP contribution is 2.12. The summed E-state index contributed by atoms with van der Waals surface area (Å²) in [5, 5.41) is 3.47. The van der Waals surface area contributed by atoms with Gasteiger partial charge >= 0.3 is 0 Å². The lowest BCUT2D eigenvalue weighted by atomic mass is 9.99. The van der Waals surface area contributed by atoms with Crippen LogP contribution in [0.5, 0.6) is 0 Å². The van der Waals surface area contributed by atoms with Crippen LogP contribution in [0, 0.1) is 11.8 Å². The molecule has 1 N–H and O–H groups in total. The van der Waals surface area contributed by atoms with Crippen molar-refractivity contribution in [2.45, 2.75) is 40.2 Å². The van der Waals surface area contributed by atoms with Gasteiger partial charge in [0.2, 0.25) is 0 Å². The van der Waals surface area contributed by atoms with E-state index >= 15 is 0 Å². The van der Waals surface area contributed by atoms with Crippen LogP contribution >= 0.6 is 0 Å². The fraction of sp³-hybridized carbons (Fsp3) is 0.900. The van der Waals surface area contributed by atoms with Crippen molar-refractivity contribution in [1.82, 2.24) is 5.32 Å². The molecule has 0 aromatic rings. The molecule has 2 nitrogen and oxygen atoms in total. The van der Waals surface area contributed by atoms with Crippen LogP contribution in [0.1, 0.15) is 34.1 Å². The van der Waals surface area contributed by atoms with E-state index in [0.717, 1.165) is 6.54 Å². The zero-order chi connectivity index (χ0) is 9.14. The van der Waals surface area contributed by atoms with Gasteiger partial charge < -0.3 is 5.32 Å². The summed E-state index contributed by atoms with van der Waals surface area (Å²) in [6.07, 6.45) is 1.17. The number of hydrogen-bond acceptors (Lipinski definition) is 2. The molecule has 12 heavy (non-hydrogen) atoms. The smallest absolute Gasteiger partial charge is 0.0993 e. The summed E-state index contributed by atoms with van der Waals surface area (Å²) in [4.78, 5) is 4.54. The topological polar surface area (TPSA) is 24.4 Å². The van der Waals surface area contributed by atoms with E-state index in [1.807, 2.05) is 0 Å². The number of nitrogens with zero attached hydrogens (tertiary/aromatic N) is 1. The predicted octanol–water partition coefficient (Wildman–Crippen LogP) is 2.06. The molecular weight excluding hydrogens is 148 g/mol. The first-order valence-corrected chi connectivity index (χ1v) is 4.96. The molecule has 0 aromatic heterocycles. The lowest BCUT2D eigenvalue weighted by Crippen LogP contribution is -2.44. The average Bonchev–Trinajstić information content (AvgIpc) is 2.08.